The lowest BCUT2D eigenvalue weighted by Gasteiger charge is -2.26. The van der Waals surface area contributed by atoms with E-state index in [4.69, 9.17) is 5.73 Å². The molecule has 4 heteroatoms. The van der Waals surface area contributed by atoms with E-state index in [2.05, 4.69) is 49.5 Å². The van der Waals surface area contributed by atoms with Crippen LogP contribution in [0.1, 0.15) is 26.7 Å². The molecule has 0 radical (unpaired) electrons. The first-order valence-electron chi connectivity index (χ1n) is 7.73. The van der Waals surface area contributed by atoms with Crippen LogP contribution in [0.2, 0.25) is 0 Å². The summed E-state index contributed by atoms with van der Waals surface area (Å²) in [6.07, 6.45) is 1.73. The average Bonchev–Trinajstić information content (AvgIpc) is 2.57. The van der Waals surface area contributed by atoms with E-state index < -0.39 is 0 Å². The highest BCUT2D eigenvalue weighted by Gasteiger charge is 2.20. The van der Waals surface area contributed by atoms with Crippen molar-refractivity contribution in [2.45, 2.75) is 37.1 Å². The van der Waals surface area contributed by atoms with E-state index in [-0.39, 0.29) is 11.4 Å². The van der Waals surface area contributed by atoms with Gasteiger partial charge < -0.3 is 11.1 Å². The van der Waals surface area contributed by atoms with Gasteiger partial charge in [0.25, 0.3) is 0 Å². The third kappa shape index (κ3) is 4.49. The second-order valence-electron chi connectivity index (χ2n) is 5.64. The predicted octanol–water partition coefficient (Wildman–Crippen LogP) is 3.57. The highest BCUT2D eigenvalue weighted by Crippen LogP contribution is 2.23. The van der Waals surface area contributed by atoms with Crippen molar-refractivity contribution < 1.29 is 4.79 Å². The van der Waals surface area contributed by atoms with Gasteiger partial charge in [0, 0.05) is 17.0 Å². The standard InChI is InChI=1S/C18H24N2OS/c1-3-18(19,4-2)13-20-17(21)12-22-16-10-9-14-7-5-6-8-15(14)11-16/h5-11H,3-4,12-13,19H2,1-2H3,(H,20,21). The summed E-state index contributed by atoms with van der Waals surface area (Å²) in [6.45, 7) is 4.65. The average molecular weight is 316 g/mol. The van der Waals surface area contributed by atoms with Crippen molar-refractivity contribution in [3.8, 4) is 0 Å². The smallest absolute Gasteiger partial charge is 0.230 e. The van der Waals surface area contributed by atoms with Crippen LogP contribution in [-0.2, 0) is 4.79 Å². The van der Waals surface area contributed by atoms with E-state index in [1.54, 1.807) is 11.8 Å². The van der Waals surface area contributed by atoms with E-state index in [0.717, 1.165) is 17.7 Å². The van der Waals surface area contributed by atoms with Gasteiger partial charge in [0.2, 0.25) is 5.91 Å². The zero-order valence-corrected chi connectivity index (χ0v) is 14.1. The minimum atomic E-state index is -0.288. The van der Waals surface area contributed by atoms with Crippen LogP contribution in [0.25, 0.3) is 10.8 Å². The maximum absolute atomic E-state index is 12.0. The molecule has 118 valence electrons. The van der Waals surface area contributed by atoms with Crippen LogP contribution in [0.15, 0.2) is 47.4 Å². The molecule has 0 fully saturated rings. The molecule has 0 aliphatic rings. The van der Waals surface area contributed by atoms with Crippen LogP contribution >= 0.6 is 11.8 Å². The topological polar surface area (TPSA) is 55.1 Å². The Kier molecular flexibility index (Phi) is 5.86. The molecule has 3 N–H and O–H groups in total. The summed E-state index contributed by atoms with van der Waals surface area (Å²) in [5.41, 5.74) is 5.90. The predicted molar refractivity (Wildman–Crippen MR) is 95.2 cm³/mol. The quantitative estimate of drug-likeness (QED) is 0.768. The summed E-state index contributed by atoms with van der Waals surface area (Å²) >= 11 is 1.56. The van der Waals surface area contributed by atoms with E-state index >= 15 is 0 Å². The van der Waals surface area contributed by atoms with Crippen LogP contribution < -0.4 is 11.1 Å². The number of hydrogen-bond acceptors (Lipinski definition) is 3. The van der Waals surface area contributed by atoms with E-state index in [0.29, 0.717) is 12.3 Å². The first-order valence-corrected chi connectivity index (χ1v) is 8.72. The second-order valence-corrected chi connectivity index (χ2v) is 6.69. The summed E-state index contributed by atoms with van der Waals surface area (Å²) in [4.78, 5) is 13.1. The lowest BCUT2D eigenvalue weighted by Crippen LogP contribution is -2.49. The molecule has 1 amide bonds. The minimum absolute atomic E-state index is 0.0369. The molecule has 0 aliphatic heterocycles. The number of rotatable bonds is 7. The Morgan fingerprint density at radius 3 is 2.50 bits per heavy atom. The lowest BCUT2D eigenvalue weighted by atomic mass is 9.94. The number of thioether (sulfide) groups is 1. The van der Waals surface area contributed by atoms with Crippen LogP contribution in [0.5, 0.6) is 0 Å². The fraction of sp³-hybridized carbons (Fsp3) is 0.389. The number of amides is 1. The molecular formula is C18H24N2OS. The fourth-order valence-electron chi connectivity index (χ4n) is 2.23. The van der Waals surface area contributed by atoms with Crippen molar-refractivity contribution in [2.24, 2.45) is 5.73 Å². The van der Waals surface area contributed by atoms with E-state index in [1.165, 1.54) is 10.8 Å². The van der Waals surface area contributed by atoms with Crippen LogP contribution in [-0.4, -0.2) is 23.7 Å². The van der Waals surface area contributed by atoms with Gasteiger partial charge in [-0.15, -0.1) is 11.8 Å². The lowest BCUT2D eigenvalue weighted by molar-refractivity contribution is -0.118. The van der Waals surface area contributed by atoms with Gasteiger partial charge in [-0.25, -0.2) is 0 Å². The minimum Gasteiger partial charge on any atom is -0.354 e. The molecule has 0 bridgehead atoms. The zero-order chi connectivity index (χ0) is 16.0. The third-order valence-corrected chi connectivity index (χ3v) is 5.13. The maximum atomic E-state index is 12.0. The molecule has 0 spiro atoms. The zero-order valence-electron chi connectivity index (χ0n) is 13.3. The second kappa shape index (κ2) is 7.65. The number of fused-ring (bicyclic) bond motifs is 1. The number of nitrogens with two attached hydrogens (primary N) is 1. The van der Waals surface area contributed by atoms with Crippen molar-refractivity contribution in [1.82, 2.24) is 5.32 Å². The molecule has 2 rings (SSSR count). The highest BCUT2D eigenvalue weighted by molar-refractivity contribution is 8.00. The number of nitrogens with one attached hydrogen (secondary N) is 1. The van der Waals surface area contributed by atoms with Crippen molar-refractivity contribution >= 4 is 28.4 Å². The van der Waals surface area contributed by atoms with Crippen LogP contribution in [0, 0.1) is 0 Å². The molecule has 0 aromatic heterocycles. The number of carbonyl (C=O) groups is 1. The van der Waals surface area contributed by atoms with E-state index in [1.807, 2.05) is 12.1 Å². The van der Waals surface area contributed by atoms with Gasteiger partial charge >= 0.3 is 0 Å². The van der Waals surface area contributed by atoms with Crippen molar-refractivity contribution in [1.29, 1.82) is 0 Å². The molecule has 22 heavy (non-hydrogen) atoms. The first-order chi connectivity index (χ1) is 10.6. The molecule has 2 aromatic rings. The first kappa shape index (κ1) is 16.8. The van der Waals surface area contributed by atoms with Gasteiger partial charge in [-0.2, -0.15) is 0 Å². The van der Waals surface area contributed by atoms with Gasteiger partial charge in [0.15, 0.2) is 0 Å². The Hall–Kier alpha value is -1.52. The number of benzene rings is 2. The molecule has 0 unspecified atom stereocenters. The summed E-state index contributed by atoms with van der Waals surface area (Å²) in [7, 11) is 0. The summed E-state index contributed by atoms with van der Waals surface area (Å²) in [5.74, 6) is 0.455. The van der Waals surface area contributed by atoms with E-state index in [9.17, 15) is 4.79 Å². The molecular weight excluding hydrogens is 292 g/mol. The SMILES string of the molecule is CCC(N)(CC)CNC(=O)CSc1ccc2ccccc2c1. The number of hydrogen-bond donors (Lipinski definition) is 2. The van der Waals surface area contributed by atoms with Gasteiger partial charge in [-0.3, -0.25) is 4.79 Å². The van der Waals surface area contributed by atoms with Crippen LogP contribution in [0.4, 0.5) is 0 Å². The maximum Gasteiger partial charge on any atom is 0.230 e. The van der Waals surface area contributed by atoms with Gasteiger partial charge in [-0.1, -0.05) is 44.2 Å². The Bertz CT molecular complexity index is 638. The van der Waals surface area contributed by atoms with Crippen molar-refractivity contribution in [3.05, 3.63) is 42.5 Å². The Morgan fingerprint density at radius 2 is 1.82 bits per heavy atom. The molecule has 0 heterocycles. The summed E-state index contributed by atoms with van der Waals surface area (Å²) < 4.78 is 0. The van der Waals surface area contributed by atoms with Crippen molar-refractivity contribution in [2.75, 3.05) is 12.3 Å². The molecule has 0 saturated carbocycles. The van der Waals surface area contributed by atoms with Gasteiger partial charge in [0.1, 0.15) is 0 Å². The Labute approximate surface area is 136 Å². The molecule has 0 aliphatic carbocycles. The van der Waals surface area contributed by atoms with Crippen LogP contribution in [0.3, 0.4) is 0 Å². The van der Waals surface area contributed by atoms with Gasteiger partial charge in [-0.05, 0) is 35.7 Å². The largest absolute Gasteiger partial charge is 0.354 e. The van der Waals surface area contributed by atoms with Gasteiger partial charge in [0.05, 0.1) is 5.75 Å². The highest BCUT2D eigenvalue weighted by atomic mass is 32.2. The number of carbonyl (C=O) groups excluding carboxylic acids is 1. The third-order valence-electron chi connectivity index (χ3n) is 4.14. The molecule has 2 aromatic carbocycles. The molecule has 0 atom stereocenters. The Balaban J connectivity index is 1.87. The summed E-state index contributed by atoms with van der Waals surface area (Å²) in [5, 5.41) is 5.37. The van der Waals surface area contributed by atoms with Crippen molar-refractivity contribution in [3.63, 3.8) is 0 Å². The Morgan fingerprint density at radius 1 is 1.14 bits per heavy atom. The molecule has 0 saturated heterocycles. The summed E-state index contributed by atoms with van der Waals surface area (Å²) in [6, 6.07) is 14.5. The normalized spacial score (nSPS) is 11.6. The molecule has 3 nitrogen and oxygen atoms in total. The fourth-order valence-corrected chi connectivity index (χ4v) is 3.01. The monoisotopic (exact) mass is 316 g/mol.